The molecule has 3 N–H and O–H groups in total. The molecule has 0 radical (unpaired) electrons. The van der Waals surface area contributed by atoms with Crippen LogP contribution in [-0.4, -0.2) is 23.4 Å². The first-order chi connectivity index (χ1) is 12.0. The highest BCUT2D eigenvalue weighted by Gasteiger charge is 2.09. The molecular weight excluding hydrogens is 318 g/mol. The second-order valence-electron chi connectivity index (χ2n) is 5.56. The average Bonchev–Trinajstić information content (AvgIpc) is 2.63. The number of anilines is 1. The number of pyridine rings is 1. The van der Waals surface area contributed by atoms with Crippen LogP contribution >= 0.6 is 0 Å². The van der Waals surface area contributed by atoms with Gasteiger partial charge in [-0.2, -0.15) is 0 Å². The summed E-state index contributed by atoms with van der Waals surface area (Å²) in [5, 5.41) is 3.69. The molecule has 0 aliphatic rings. The summed E-state index contributed by atoms with van der Waals surface area (Å²) in [6, 6.07) is 13.9. The highest BCUT2D eigenvalue weighted by atomic mass is 16.5. The number of amides is 2. The Morgan fingerprint density at radius 2 is 2.00 bits per heavy atom. The number of nitrogens with two attached hydrogens (primary N) is 1. The monoisotopic (exact) mass is 335 g/mol. The van der Waals surface area contributed by atoms with Gasteiger partial charge in [0.25, 0.3) is 5.91 Å². The van der Waals surface area contributed by atoms with Crippen molar-refractivity contribution in [2.75, 3.05) is 11.9 Å². The van der Waals surface area contributed by atoms with Crippen LogP contribution in [0.5, 0.6) is 5.75 Å². The van der Waals surface area contributed by atoms with Crippen molar-refractivity contribution in [1.29, 1.82) is 0 Å². The van der Waals surface area contributed by atoms with Gasteiger partial charge in [0.05, 0.1) is 11.2 Å². The first-order valence-corrected chi connectivity index (χ1v) is 7.71. The molecule has 2 aromatic carbocycles. The quantitative estimate of drug-likeness (QED) is 0.749. The Bertz CT molecular complexity index is 954. The molecule has 0 saturated carbocycles. The lowest BCUT2D eigenvalue weighted by Crippen LogP contribution is -2.20. The van der Waals surface area contributed by atoms with Crippen molar-refractivity contribution in [2.45, 2.75) is 6.92 Å². The lowest BCUT2D eigenvalue weighted by molar-refractivity contribution is -0.118. The van der Waals surface area contributed by atoms with E-state index in [-0.39, 0.29) is 12.5 Å². The lowest BCUT2D eigenvalue weighted by Gasteiger charge is -2.11. The fourth-order valence-electron chi connectivity index (χ4n) is 2.50. The predicted octanol–water partition coefficient (Wildman–Crippen LogP) is 2.66. The predicted molar refractivity (Wildman–Crippen MR) is 95.6 cm³/mol. The number of aryl methyl sites for hydroxylation is 1. The Morgan fingerprint density at radius 1 is 1.16 bits per heavy atom. The zero-order chi connectivity index (χ0) is 17.8. The van der Waals surface area contributed by atoms with Gasteiger partial charge in [0.1, 0.15) is 5.75 Å². The molecule has 0 fully saturated rings. The summed E-state index contributed by atoms with van der Waals surface area (Å²) >= 11 is 0. The molecule has 25 heavy (non-hydrogen) atoms. The van der Waals surface area contributed by atoms with Crippen LogP contribution in [-0.2, 0) is 4.79 Å². The van der Waals surface area contributed by atoms with Gasteiger partial charge in [-0.15, -0.1) is 0 Å². The topological polar surface area (TPSA) is 94.3 Å². The van der Waals surface area contributed by atoms with Gasteiger partial charge in [-0.25, -0.2) is 0 Å². The Hall–Kier alpha value is -3.41. The van der Waals surface area contributed by atoms with E-state index in [1.807, 2.05) is 31.2 Å². The molecular formula is C19H17N3O3. The van der Waals surface area contributed by atoms with E-state index in [0.717, 1.165) is 16.5 Å². The van der Waals surface area contributed by atoms with Crippen molar-refractivity contribution in [1.82, 2.24) is 4.98 Å². The second kappa shape index (κ2) is 7.00. The van der Waals surface area contributed by atoms with Crippen molar-refractivity contribution in [3.63, 3.8) is 0 Å². The third kappa shape index (κ3) is 3.74. The molecule has 0 unspecified atom stereocenters. The molecule has 0 spiro atoms. The number of carbonyl (C=O) groups excluding carboxylic acids is 2. The summed E-state index contributed by atoms with van der Waals surface area (Å²) in [7, 11) is 0. The molecule has 6 heteroatoms. The van der Waals surface area contributed by atoms with Gasteiger partial charge in [0.15, 0.2) is 6.61 Å². The number of primary amides is 1. The minimum atomic E-state index is -0.548. The maximum absolute atomic E-state index is 12.2. The molecule has 1 heterocycles. The Kier molecular flexibility index (Phi) is 4.61. The highest BCUT2D eigenvalue weighted by molar-refractivity contribution is 6.02. The molecule has 0 aliphatic heterocycles. The zero-order valence-electron chi connectivity index (χ0n) is 13.7. The normalized spacial score (nSPS) is 10.4. The van der Waals surface area contributed by atoms with Crippen LogP contribution < -0.4 is 15.8 Å². The third-order valence-corrected chi connectivity index (χ3v) is 3.73. The maximum Gasteiger partial charge on any atom is 0.262 e. The summed E-state index contributed by atoms with van der Waals surface area (Å²) in [4.78, 5) is 27.7. The summed E-state index contributed by atoms with van der Waals surface area (Å²) in [5.41, 5.74) is 8.11. The number of hydrogen-bond acceptors (Lipinski definition) is 4. The number of ether oxygens (including phenoxy) is 1. The zero-order valence-corrected chi connectivity index (χ0v) is 13.7. The van der Waals surface area contributed by atoms with Crippen LogP contribution in [0.25, 0.3) is 10.9 Å². The van der Waals surface area contributed by atoms with Gasteiger partial charge in [-0.1, -0.05) is 12.1 Å². The van der Waals surface area contributed by atoms with Gasteiger partial charge < -0.3 is 15.8 Å². The standard InChI is InChI=1S/C19H17N3O3/c1-12-7-8-16(15-6-3-9-21-18(12)15)22-17(23)11-25-14-5-2-4-13(10-14)19(20)24/h2-10H,11H2,1H3,(H2,20,24)(H,22,23). The number of nitrogens with zero attached hydrogens (tertiary/aromatic N) is 1. The number of fused-ring (bicyclic) bond motifs is 1. The van der Waals surface area contributed by atoms with Crippen LogP contribution in [0, 0.1) is 6.92 Å². The molecule has 3 rings (SSSR count). The highest BCUT2D eigenvalue weighted by Crippen LogP contribution is 2.24. The average molecular weight is 335 g/mol. The van der Waals surface area contributed by atoms with Crippen LogP contribution in [0.1, 0.15) is 15.9 Å². The minimum Gasteiger partial charge on any atom is -0.484 e. The Labute approximate surface area is 144 Å². The molecule has 0 saturated heterocycles. The van der Waals surface area contributed by atoms with Gasteiger partial charge in [-0.3, -0.25) is 14.6 Å². The van der Waals surface area contributed by atoms with E-state index in [4.69, 9.17) is 10.5 Å². The number of aromatic nitrogens is 1. The molecule has 1 aromatic heterocycles. The Morgan fingerprint density at radius 3 is 2.80 bits per heavy atom. The van der Waals surface area contributed by atoms with Crippen molar-refractivity contribution in [2.24, 2.45) is 5.73 Å². The van der Waals surface area contributed by atoms with Gasteiger partial charge in [-0.05, 0) is 48.9 Å². The van der Waals surface area contributed by atoms with Crippen LogP contribution in [0.2, 0.25) is 0 Å². The Balaban J connectivity index is 1.70. The van der Waals surface area contributed by atoms with E-state index in [0.29, 0.717) is 17.0 Å². The van der Waals surface area contributed by atoms with E-state index in [9.17, 15) is 9.59 Å². The fraction of sp³-hybridized carbons (Fsp3) is 0.105. The molecule has 6 nitrogen and oxygen atoms in total. The summed E-state index contributed by atoms with van der Waals surface area (Å²) < 4.78 is 5.43. The first kappa shape index (κ1) is 16.4. The van der Waals surface area contributed by atoms with Crippen LogP contribution in [0.15, 0.2) is 54.7 Å². The number of rotatable bonds is 5. The van der Waals surface area contributed by atoms with E-state index in [2.05, 4.69) is 10.3 Å². The number of nitrogens with one attached hydrogen (secondary N) is 1. The van der Waals surface area contributed by atoms with E-state index in [1.165, 1.54) is 6.07 Å². The first-order valence-electron chi connectivity index (χ1n) is 7.71. The van der Waals surface area contributed by atoms with Crippen molar-refractivity contribution >= 4 is 28.4 Å². The molecule has 0 aliphatic carbocycles. The number of carbonyl (C=O) groups is 2. The van der Waals surface area contributed by atoms with Crippen LogP contribution in [0.4, 0.5) is 5.69 Å². The SMILES string of the molecule is Cc1ccc(NC(=O)COc2cccc(C(N)=O)c2)c2cccnc12. The number of benzene rings is 2. The van der Waals surface area contributed by atoms with Crippen molar-refractivity contribution in [3.05, 3.63) is 65.9 Å². The summed E-state index contributed by atoms with van der Waals surface area (Å²) in [6.07, 6.45) is 1.72. The molecule has 0 atom stereocenters. The largest absolute Gasteiger partial charge is 0.484 e. The summed E-state index contributed by atoms with van der Waals surface area (Å²) in [6.45, 7) is 1.79. The van der Waals surface area contributed by atoms with Gasteiger partial charge in [0, 0.05) is 17.1 Å². The van der Waals surface area contributed by atoms with E-state index < -0.39 is 5.91 Å². The van der Waals surface area contributed by atoms with Crippen molar-refractivity contribution in [3.8, 4) is 5.75 Å². The second-order valence-corrected chi connectivity index (χ2v) is 5.56. The molecule has 126 valence electrons. The van der Waals surface area contributed by atoms with E-state index >= 15 is 0 Å². The van der Waals surface area contributed by atoms with E-state index in [1.54, 1.807) is 24.4 Å². The van der Waals surface area contributed by atoms with Crippen molar-refractivity contribution < 1.29 is 14.3 Å². The fourth-order valence-corrected chi connectivity index (χ4v) is 2.50. The van der Waals surface area contributed by atoms with Crippen LogP contribution in [0.3, 0.4) is 0 Å². The molecule has 2 amide bonds. The minimum absolute atomic E-state index is 0.183. The smallest absolute Gasteiger partial charge is 0.262 e. The molecule has 0 bridgehead atoms. The summed E-state index contributed by atoms with van der Waals surface area (Å²) in [5.74, 6) is -0.450. The maximum atomic E-state index is 12.2. The molecule has 3 aromatic rings. The van der Waals surface area contributed by atoms with Gasteiger partial charge >= 0.3 is 0 Å². The lowest BCUT2D eigenvalue weighted by atomic mass is 10.1. The number of hydrogen-bond donors (Lipinski definition) is 2. The van der Waals surface area contributed by atoms with Gasteiger partial charge in [0.2, 0.25) is 5.91 Å². The third-order valence-electron chi connectivity index (χ3n) is 3.73.